The van der Waals surface area contributed by atoms with Crippen LogP contribution in [0.25, 0.3) is 0 Å². The van der Waals surface area contributed by atoms with Crippen LogP contribution in [0, 0.1) is 5.92 Å². The molecular formula is C18H30Cl2N4O2. The van der Waals surface area contributed by atoms with Crippen LogP contribution in [0.1, 0.15) is 38.2 Å². The summed E-state index contributed by atoms with van der Waals surface area (Å²) >= 11 is 0. The molecule has 6 nitrogen and oxygen atoms in total. The summed E-state index contributed by atoms with van der Waals surface area (Å²) in [6, 6.07) is 4.23. The summed E-state index contributed by atoms with van der Waals surface area (Å²) in [7, 11) is 0. The third kappa shape index (κ3) is 6.27. The first-order valence-corrected chi connectivity index (χ1v) is 8.96. The number of aromatic nitrogens is 1. The Balaban J connectivity index is 0.00000169. The number of carbonyl (C=O) groups excluding carboxylic acids is 1. The van der Waals surface area contributed by atoms with Crippen molar-refractivity contribution in [2.45, 2.75) is 51.3 Å². The summed E-state index contributed by atoms with van der Waals surface area (Å²) in [6.07, 6.45) is 5.93. The molecule has 148 valence electrons. The molecule has 1 saturated carbocycles. The van der Waals surface area contributed by atoms with E-state index in [1.54, 1.807) is 0 Å². The van der Waals surface area contributed by atoms with Crippen LogP contribution in [0.5, 0.6) is 0 Å². The number of rotatable bonds is 4. The van der Waals surface area contributed by atoms with Crippen LogP contribution in [0.15, 0.2) is 18.3 Å². The number of halogens is 2. The van der Waals surface area contributed by atoms with E-state index >= 15 is 0 Å². The number of nitrogens with two attached hydrogens (primary N) is 1. The van der Waals surface area contributed by atoms with Crippen LogP contribution in [-0.2, 0) is 16.1 Å². The van der Waals surface area contributed by atoms with Crippen molar-refractivity contribution < 1.29 is 9.53 Å². The normalized spacial score (nSPS) is 25.6. The fourth-order valence-electron chi connectivity index (χ4n) is 3.53. The van der Waals surface area contributed by atoms with Gasteiger partial charge in [0.2, 0.25) is 5.91 Å². The van der Waals surface area contributed by atoms with E-state index in [1.807, 2.05) is 18.3 Å². The van der Waals surface area contributed by atoms with Crippen molar-refractivity contribution in [2.24, 2.45) is 11.7 Å². The van der Waals surface area contributed by atoms with Gasteiger partial charge in [-0.3, -0.25) is 4.79 Å². The van der Waals surface area contributed by atoms with Crippen LogP contribution >= 0.6 is 24.8 Å². The molecule has 3 atom stereocenters. The number of carbonyl (C=O) groups is 1. The summed E-state index contributed by atoms with van der Waals surface area (Å²) in [5.74, 6) is 1.16. The number of pyridine rings is 1. The van der Waals surface area contributed by atoms with Crippen LogP contribution in [-0.4, -0.2) is 42.7 Å². The Morgan fingerprint density at radius 1 is 1.38 bits per heavy atom. The molecule has 1 aromatic heterocycles. The Kier molecular flexibility index (Phi) is 9.64. The molecule has 3 rings (SSSR count). The molecule has 2 aliphatic rings. The Morgan fingerprint density at radius 2 is 2.19 bits per heavy atom. The average molecular weight is 405 g/mol. The molecule has 0 bridgehead atoms. The number of amides is 1. The van der Waals surface area contributed by atoms with Crippen molar-refractivity contribution in [3.63, 3.8) is 0 Å². The Hall–Kier alpha value is -1.08. The third-order valence-corrected chi connectivity index (χ3v) is 4.93. The number of hydrogen-bond acceptors (Lipinski definition) is 5. The first-order valence-electron chi connectivity index (χ1n) is 8.96. The van der Waals surface area contributed by atoms with E-state index in [0.29, 0.717) is 6.54 Å². The maximum absolute atomic E-state index is 12.3. The smallest absolute Gasteiger partial charge is 0.223 e. The van der Waals surface area contributed by atoms with E-state index in [2.05, 4.69) is 22.1 Å². The van der Waals surface area contributed by atoms with E-state index in [1.165, 1.54) is 0 Å². The molecule has 26 heavy (non-hydrogen) atoms. The van der Waals surface area contributed by atoms with Gasteiger partial charge in [0.05, 0.1) is 12.7 Å². The molecule has 1 aliphatic heterocycles. The summed E-state index contributed by atoms with van der Waals surface area (Å²) in [5, 5.41) is 3.03. The largest absolute Gasteiger partial charge is 0.375 e. The predicted octanol–water partition coefficient (Wildman–Crippen LogP) is 2.28. The highest BCUT2D eigenvalue weighted by atomic mass is 35.5. The summed E-state index contributed by atoms with van der Waals surface area (Å²) in [6.45, 7) is 5.08. The lowest BCUT2D eigenvalue weighted by Crippen LogP contribution is -2.41. The van der Waals surface area contributed by atoms with Crippen LogP contribution in [0.3, 0.4) is 0 Å². The highest BCUT2D eigenvalue weighted by molar-refractivity contribution is 5.85. The lowest BCUT2D eigenvalue weighted by Gasteiger charge is -2.32. The van der Waals surface area contributed by atoms with Gasteiger partial charge < -0.3 is 20.7 Å². The number of ether oxygens (including phenoxy) is 1. The Morgan fingerprint density at radius 3 is 2.85 bits per heavy atom. The summed E-state index contributed by atoms with van der Waals surface area (Å²) < 4.78 is 5.56. The van der Waals surface area contributed by atoms with Crippen LogP contribution < -0.4 is 16.0 Å². The standard InChI is InChI=1S/C18H28N4O2.2ClH/c1-13-12-22(7-8-24-13)17-6-5-14(10-20-17)11-21-18(23)15-3-2-4-16(19)9-15;;/h5-6,10,13,15-16H,2-4,7-9,11-12,19H2,1H3,(H,21,23);2*1H. The quantitative estimate of drug-likeness (QED) is 0.804. The first kappa shape index (κ1) is 23.0. The minimum Gasteiger partial charge on any atom is -0.375 e. The lowest BCUT2D eigenvalue weighted by molar-refractivity contribution is -0.126. The maximum Gasteiger partial charge on any atom is 0.223 e. The summed E-state index contributed by atoms with van der Waals surface area (Å²) in [5.41, 5.74) is 6.99. The highest BCUT2D eigenvalue weighted by Gasteiger charge is 2.25. The molecule has 2 heterocycles. The first-order chi connectivity index (χ1) is 11.6. The molecule has 1 aromatic rings. The zero-order chi connectivity index (χ0) is 16.9. The van der Waals surface area contributed by atoms with Gasteiger partial charge in [-0.1, -0.05) is 12.5 Å². The molecular weight excluding hydrogens is 375 g/mol. The van der Waals surface area contributed by atoms with E-state index < -0.39 is 0 Å². The molecule has 1 aliphatic carbocycles. The molecule has 1 amide bonds. The highest BCUT2D eigenvalue weighted by Crippen LogP contribution is 2.23. The molecule has 3 unspecified atom stereocenters. The van der Waals surface area contributed by atoms with Crippen LogP contribution in [0.2, 0.25) is 0 Å². The SMILES string of the molecule is CC1CN(c2ccc(CNC(=O)C3CCCC(N)C3)cn2)CCO1.Cl.Cl. The van der Waals surface area contributed by atoms with E-state index in [4.69, 9.17) is 10.5 Å². The average Bonchev–Trinajstić information content (AvgIpc) is 2.60. The van der Waals surface area contributed by atoms with Crippen molar-refractivity contribution in [2.75, 3.05) is 24.6 Å². The van der Waals surface area contributed by atoms with Gasteiger partial charge in [0, 0.05) is 37.8 Å². The molecule has 1 saturated heterocycles. The van der Waals surface area contributed by atoms with Crippen molar-refractivity contribution in [3.8, 4) is 0 Å². The van der Waals surface area contributed by atoms with Crippen molar-refractivity contribution in [3.05, 3.63) is 23.9 Å². The van der Waals surface area contributed by atoms with Crippen molar-refractivity contribution in [1.82, 2.24) is 10.3 Å². The molecule has 8 heteroatoms. The topological polar surface area (TPSA) is 80.5 Å². The van der Waals surface area contributed by atoms with Gasteiger partial charge in [0.15, 0.2) is 0 Å². The summed E-state index contributed by atoms with van der Waals surface area (Å²) in [4.78, 5) is 19.0. The number of morpholine rings is 1. The van der Waals surface area contributed by atoms with E-state index in [-0.39, 0.29) is 48.8 Å². The lowest BCUT2D eigenvalue weighted by atomic mass is 9.85. The minimum absolute atomic E-state index is 0. The van der Waals surface area contributed by atoms with Gasteiger partial charge in [-0.15, -0.1) is 24.8 Å². The minimum atomic E-state index is 0. The Labute approximate surface area is 168 Å². The number of hydrogen-bond donors (Lipinski definition) is 2. The second-order valence-electron chi connectivity index (χ2n) is 6.99. The van der Waals surface area contributed by atoms with Crippen molar-refractivity contribution >= 4 is 36.5 Å². The van der Waals surface area contributed by atoms with Gasteiger partial charge >= 0.3 is 0 Å². The number of nitrogens with zero attached hydrogens (tertiary/aromatic N) is 2. The van der Waals surface area contributed by atoms with Gasteiger partial charge in [0.25, 0.3) is 0 Å². The van der Waals surface area contributed by atoms with Crippen molar-refractivity contribution in [1.29, 1.82) is 0 Å². The molecule has 0 radical (unpaired) electrons. The van der Waals surface area contributed by atoms with E-state index in [9.17, 15) is 4.79 Å². The molecule has 0 spiro atoms. The third-order valence-electron chi connectivity index (χ3n) is 4.93. The second kappa shape index (κ2) is 10.9. The Bertz CT molecular complexity index is 559. The van der Waals surface area contributed by atoms with Gasteiger partial charge in [-0.25, -0.2) is 4.98 Å². The molecule has 0 aromatic carbocycles. The van der Waals surface area contributed by atoms with Gasteiger partial charge in [-0.05, 0) is 37.8 Å². The van der Waals surface area contributed by atoms with Gasteiger partial charge in [-0.2, -0.15) is 0 Å². The number of anilines is 1. The van der Waals surface area contributed by atoms with Crippen LogP contribution in [0.4, 0.5) is 5.82 Å². The zero-order valence-electron chi connectivity index (χ0n) is 15.2. The fourth-order valence-corrected chi connectivity index (χ4v) is 3.53. The monoisotopic (exact) mass is 404 g/mol. The molecule has 2 fully saturated rings. The van der Waals surface area contributed by atoms with E-state index in [0.717, 1.165) is 56.8 Å². The number of nitrogens with one attached hydrogen (secondary N) is 1. The fraction of sp³-hybridized carbons (Fsp3) is 0.667. The predicted molar refractivity (Wildman–Crippen MR) is 108 cm³/mol. The second-order valence-corrected chi connectivity index (χ2v) is 6.99. The zero-order valence-corrected chi connectivity index (χ0v) is 16.9. The van der Waals surface area contributed by atoms with Gasteiger partial charge in [0.1, 0.15) is 5.82 Å². The molecule has 3 N–H and O–H groups in total. The maximum atomic E-state index is 12.3.